The third kappa shape index (κ3) is 3.47. The first-order valence-electron chi connectivity index (χ1n) is 6.47. The zero-order valence-corrected chi connectivity index (χ0v) is 11.6. The van der Waals surface area contributed by atoms with Gasteiger partial charge in [0.05, 0.1) is 24.4 Å². The molecule has 6 nitrogen and oxygen atoms in total. The lowest BCUT2D eigenvalue weighted by molar-refractivity contribution is 0.0522. The fourth-order valence-corrected chi connectivity index (χ4v) is 1.80. The van der Waals surface area contributed by atoms with E-state index in [2.05, 4.69) is 10.4 Å². The highest BCUT2D eigenvalue weighted by Crippen LogP contribution is 2.42. The van der Waals surface area contributed by atoms with Gasteiger partial charge in [-0.3, -0.25) is 4.68 Å². The Balaban J connectivity index is 1.86. The second-order valence-corrected chi connectivity index (χ2v) is 5.99. The summed E-state index contributed by atoms with van der Waals surface area (Å²) in [6.45, 7) is 5.88. The van der Waals surface area contributed by atoms with Crippen molar-refractivity contribution in [1.82, 2.24) is 15.1 Å². The van der Waals surface area contributed by atoms with Crippen LogP contribution in [0.5, 0.6) is 0 Å². The molecule has 0 atom stereocenters. The van der Waals surface area contributed by atoms with Gasteiger partial charge in [0, 0.05) is 6.20 Å². The molecule has 1 amide bonds. The van der Waals surface area contributed by atoms with E-state index in [0.717, 1.165) is 18.5 Å². The quantitative estimate of drug-likeness (QED) is 0.864. The number of ether oxygens (including phenoxy) is 1. The van der Waals surface area contributed by atoms with E-state index >= 15 is 0 Å². The highest BCUT2D eigenvalue weighted by atomic mass is 16.6. The Kier molecular flexibility index (Phi) is 3.54. The first-order chi connectivity index (χ1) is 8.85. The molecule has 1 saturated carbocycles. The van der Waals surface area contributed by atoms with Gasteiger partial charge >= 0.3 is 6.09 Å². The molecule has 0 saturated heterocycles. The van der Waals surface area contributed by atoms with Crippen molar-refractivity contribution in [3.8, 4) is 0 Å². The van der Waals surface area contributed by atoms with E-state index in [4.69, 9.17) is 4.74 Å². The summed E-state index contributed by atoms with van der Waals surface area (Å²) < 4.78 is 6.93. The van der Waals surface area contributed by atoms with E-state index in [1.165, 1.54) is 0 Å². The lowest BCUT2D eigenvalue weighted by atomic mass is 10.2. The monoisotopic (exact) mass is 267 g/mol. The van der Waals surface area contributed by atoms with Gasteiger partial charge in [-0.1, -0.05) is 0 Å². The van der Waals surface area contributed by atoms with Gasteiger partial charge in [0.15, 0.2) is 0 Å². The van der Waals surface area contributed by atoms with Gasteiger partial charge in [-0.15, -0.1) is 0 Å². The molecule has 0 aromatic carbocycles. The number of amides is 1. The molecule has 2 N–H and O–H groups in total. The summed E-state index contributed by atoms with van der Waals surface area (Å²) in [6, 6.07) is 1.84. The zero-order valence-electron chi connectivity index (χ0n) is 11.6. The highest BCUT2D eigenvalue weighted by molar-refractivity contribution is 5.67. The second-order valence-electron chi connectivity index (χ2n) is 5.99. The van der Waals surface area contributed by atoms with Gasteiger partial charge in [-0.2, -0.15) is 5.10 Å². The van der Waals surface area contributed by atoms with Crippen LogP contribution in [0.4, 0.5) is 4.79 Å². The lowest BCUT2D eigenvalue weighted by Gasteiger charge is -2.19. The molecule has 106 valence electrons. The van der Waals surface area contributed by atoms with Gasteiger partial charge < -0.3 is 15.2 Å². The molecule has 19 heavy (non-hydrogen) atoms. The van der Waals surface area contributed by atoms with E-state index < -0.39 is 11.7 Å². The number of alkyl carbamates (subject to hydrolysis) is 1. The predicted octanol–water partition coefficient (Wildman–Crippen LogP) is 1.39. The first kappa shape index (κ1) is 13.9. The van der Waals surface area contributed by atoms with E-state index in [1.54, 1.807) is 4.68 Å². The average molecular weight is 267 g/mol. The number of nitrogens with one attached hydrogen (secondary N) is 1. The third-order valence-corrected chi connectivity index (χ3v) is 3.06. The number of aliphatic hydroxyl groups is 1. The van der Waals surface area contributed by atoms with Crippen LogP contribution in [0.25, 0.3) is 0 Å². The minimum atomic E-state index is -0.502. The Labute approximate surface area is 112 Å². The molecule has 0 radical (unpaired) electrons. The normalized spacial score (nSPS) is 17.1. The molecule has 1 aromatic heterocycles. The molecular formula is C13H21N3O3. The van der Waals surface area contributed by atoms with Crippen molar-refractivity contribution >= 4 is 6.09 Å². The molecule has 1 aromatic rings. The van der Waals surface area contributed by atoms with Crippen molar-refractivity contribution in [1.29, 1.82) is 0 Å². The maximum absolute atomic E-state index is 11.5. The minimum absolute atomic E-state index is 0.105. The summed E-state index contributed by atoms with van der Waals surface area (Å²) in [5.74, 6) is 0. The third-order valence-electron chi connectivity index (χ3n) is 3.06. The van der Waals surface area contributed by atoms with Crippen molar-refractivity contribution in [2.75, 3.05) is 6.61 Å². The van der Waals surface area contributed by atoms with Crippen LogP contribution >= 0.6 is 0 Å². The summed E-state index contributed by atoms with van der Waals surface area (Å²) in [5, 5.41) is 16.3. The van der Waals surface area contributed by atoms with E-state index in [-0.39, 0.29) is 12.1 Å². The Bertz CT molecular complexity index is 458. The van der Waals surface area contributed by atoms with Crippen LogP contribution in [0.15, 0.2) is 12.3 Å². The first-order valence-corrected chi connectivity index (χ1v) is 6.47. The van der Waals surface area contributed by atoms with Crippen LogP contribution in [-0.4, -0.2) is 33.2 Å². The molecule has 1 aliphatic carbocycles. The molecule has 2 rings (SSSR count). The predicted molar refractivity (Wildman–Crippen MR) is 69.6 cm³/mol. The van der Waals surface area contributed by atoms with Crippen molar-refractivity contribution in [3.63, 3.8) is 0 Å². The fraction of sp³-hybridized carbons (Fsp3) is 0.692. The van der Waals surface area contributed by atoms with E-state index in [0.29, 0.717) is 6.54 Å². The zero-order chi connectivity index (χ0) is 14.1. The number of carbonyl (C=O) groups is 1. The molecule has 0 unspecified atom stereocenters. The summed E-state index contributed by atoms with van der Waals surface area (Å²) in [5.41, 5.74) is 0.0494. The molecule has 1 aliphatic rings. The minimum Gasteiger partial charge on any atom is -0.444 e. The van der Waals surface area contributed by atoms with Crippen LogP contribution in [0.3, 0.4) is 0 Å². The number of carbonyl (C=O) groups excluding carboxylic acids is 1. The summed E-state index contributed by atoms with van der Waals surface area (Å²) in [4.78, 5) is 11.5. The number of nitrogens with zero attached hydrogens (tertiary/aromatic N) is 2. The van der Waals surface area contributed by atoms with Gasteiger partial charge in [-0.05, 0) is 39.7 Å². The van der Waals surface area contributed by atoms with Crippen LogP contribution in [0.2, 0.25) is 0 Å². The summed E-state index contributed by atoms with van der Waals surface area (Å²) in [6.07, 6.45) is 3.29. The smallest absolute Gasteiger partial charge is 0.407 e. The summed E-state index contributed by atoms with van der Waals surface area (Å²) >= 11 is 0. The topological polar surface area (TPSA) is 76.4 Å². The molecule has 6 heteroatoms. The number of aliphatic hydroxyl groups excluding tert-OH is 1. The number of hydrogen-bond acceptors (Lipinski definition) is 4. The van der Waals surface area contributed by atoms with Crippen LogP contribution in [0.1, 0.15) is 39.3 Å². The largest absolute Gasteiger partial charge is 0.444 e. The van der Waals surface area contributed by atoms with Crippen LogP contribution in [0, 0.1) is 0 Å². The van der Waals surface area contributed by atoms with Gasteiger partial charge in [-0.25, -0.2) is 4.79 Å². The van der Waals surface area contributed by atoms with E-state index in [1.807, 2.05) is 33.0 Å². The Morgan fingerprint density at radius 1 is 1.58 bits per heavy atom. The Morgan fingerprint density at radius 3 is 2.79 bits per heavy atom. The Hall–Kier alpha value is -1.56. The summed E-state index contributed by atoms with van der Waals surface area (Å²) in [7, 11) is 0. The molecule has 1 fully saturated rings. The molecule has 0 aliphatic heterocycles. The van der Waals surface area contributed by atoms with Crippen molar-refractivity contribution in [3.05, 3.63) is 18.0 Å². The van der Waals surface area contributed by atoms with Crippen molar-refractivity contribution in [2.24, 2.45) is 0 Å². The maximum atomic E-state index is 11.5. The number of aromatic nitrogens is 2. The lowest BCUT2D eigenvalue weighted by Crippen LogP contribution is -2.32. The standard InChI is InChI=1S/C13H21N3O3/c1-12(2,3)19-11(18)14-8-10-4-7-16(15-10)13(9-17)5-6-13/h4,7,17H,5-6,8-9H2,1-3H3,(H,14,18). The maximum Gasteiger partial charge on any atom is 0.407 e. The average Bonchev–Trinajstić information content (AvgIpc) is 2.96. The van der Waals surface area contributed by atoms with Crippen molar-refractivity contribution in [2.45, 2.75) is 51.3 Å². The fourth-order valence-electron chi connectivity index (χ4n) is 1.80. The number of hydrogen-bond donors (Lipinski definition) is 2. The molecule has 0 spiro atoms. The van der Waals surface area contributed by atoms with Gasteiger partial charge in [0.1, 0.15) is 5.60 Å². The van der Waals surface area contributed by atoms with Crippen molar-refractivity contribution < 1.29 is 14.6 Å². The van der Waals surface area contributed by atoms with Gasteiger partial charge in [0.2, 0.25) is 0 Å². The van der Waals surface area contributed by atoms with Crippen LogP contribution < -0.4 is 5.32 Å². The molecule has 1 heterocycles. The number of rotatable bonds is 4. The Morgan fingerprint density at radius 2 is 2.26 bits per heavy atom. The molecular weight excluding hydrogens is 246 g/mol. The second kappa shape index (κ2) is 4.85. The van der Waals surface area contributed by atoms with Gasteiger partial charge in [0.25, 0.3) is 0 Å². The highest BCUT2D eigenvalue weighted by Gasteiger charge is 2.44. The van der Waals surface area contributed by atoms with E-state index in [9.17, 15) is 9.90 Å². The molecule has 0 bridgehead atoms. The van der Waals surface area contributed by atoms with Crippen LogP contribution in [-0.2, 0) is 16.8 Å². The SMILES string of the molecule is CC(C)(C)OC(=O)NCc1ccn(C2(CO)CC2)n1.